The van der Waals surface area contributed by atoms with E-state index in [1.54, 1.807) is 4.90 Å². The second-order valence-corrected chi connectivity index (χ2v) is 8.56. The van der Waals surface area contributed by atoms with Gasteiger partial charge in [-0.15, -0.1) is 0 Å². The topological polar surface area (TPSA) is 61.9 Å². The third-order valence-corrected chi connectivity index (χ3v) is 5.75. The Kier molecular flexibility index (Phi) is 9.26. The lowest BCUT2D eigenvalue weighted by Gasteiger charge is -2.33. The molecular formula is C26H35N3O3. The Bertz CT molecular complexity index is 836. The van der Waals surface area contributed by atoms with Crippen molar-refractivity contribution < 1.29 is 14.3 Å². The molecule has 1 fully saturated rings. The SMILES string of the molecule is CC(C)C(=O)N(Cc1ccccc1)[C@@H](Cc1ccccc1)C(=O)NCCN1CCOCC1. The maximum absolute atomic E-state index is 13.4. The van der Waals surface area contributed by atoms with Crippen LogP contribution in [0.4, 0.5) is 0 Å². The molecule has 0 unspecified atom stereocenters. The molecule has 0 aromatic heterocycles. The first kappa shape index (κ1) is 24.0. The molecule has 6 heteroatoms. The van der Waals surface area contributed by atoms with Crippen molar-refractivity contribution in [1.82, 2.24) is 15.1 Å². The van der Waals surface area contributed by atoms with E-state index < -0.39 is 6.04 Å². The standard InChI is InChI=1S/C26H35N3O3/c1-21(2)26(31)29(20-23-11-7-4-8-12-23)24(19-22-9-5-3-6-10-22)25(30)27-13-14-28-15-17-32-18-16-28/h3-12,21,24H,13-20H2,1-2H3,(H,27,30)/t24-/m0/s1. The van der Waals surface area contributed by atoms with Gasteiger partial charge in [0.05, 0.1) is 13.2 Å². The van der Waals surface area contributed by atoms with Gasteiger partial charge in [0.1, 0.15) is 6.04 Å². The first-order valence-electron chi connectivity index (χ1n) is 11.5. The van der Waals surface area contributed by atoms with Crippen LogP contribution in [-0.2, 0) is 27.3 Å². The van der Waals surface area contributed by atoms with Gasteiger partial charge in [-0.2, -0.15) is 0 Å². The Balaban J connectivity index is 1.77. The number of carbonyl (C=O) groups is 2. The molecule has 0 radical (unpaired) electrons. The Morgan fingerprint density at radius 3 is 2.16 bits per heavy atom. The van der Waals surface area contributed by atoms with Gasteiger partial charge >= 0.3 is 0 Å². The summed E-state index contributed by atoms with van der Waals surface area (Å²) in [5, 5.41) is 3.10. The summed E-state index contributed by atoms with van der Waals surface area (Å²) >= 11 is 0. The van der Waals surface area contributed by atoms with Crippen molar-refractivity contribution in [1.29, 1.82) is 0 Å². The smallest absolute Gasteiger partial charge is 0.243 e. The Hall–Kier alpha value is -2.70. The van der Waals surface area contributed by atoms with Gasteiger partial charge in [0.2, 0.25) is 11.8 Å². The molecule has 1 atom stereocenters. The number of amides is 2. The number of benzene rings is 2. The number of hydrogen-bond donors (Lipinski definition) is 1. The average Bonchev–Trinajstić information content (AvgIpc) is 2.82. The predicted octanol–water partition coefficient (Wildman–Crippen LogP) is 2.73. The van der Waals surface area contributed by atoms with Crippen molar-refractivity contribution in [3.8, 4) is 0 Å². The Labute approximate surface area is 191 Å². The summed E-state index contributed by atoms with van der Waals surface area (Å²) in [4.78, 5) is 30.7. The van der Waals surface area contributed by atoms with Gasteiger partial charge in [0, 0.05) is 45.1 Å². The molecule has 2 aromatic rings. The lowest BCUT2D eigenvalue weighted by Crippen LogP contribution is -2.52. The molecule has 1 saturated heterocycles. The monoisotopic (exact) mass is 437 g/mol. The van der Waals surface area contributed by atoms with Crippen LogP contribution in [0.5, 0.6) is 0 Å². The summed E-state index contributed by atoms with van der Waals surface area (Å²) in [6, 6.07) is 19.2. The highest BCUT2D eigenvalue weighted by Gasteiger charge is 2.31. The van der Waals surface area contributed by atoms with Gasteiger partial charge in [0.25, 0.3) is 0 Å². The number of carbonyl (C=O) groups excluding carboxylic acids is 2. The minimum Gasteiger partial charge on any atom is -0.379 e. The van der Waals surface area contributed by atoms with Crippen LogP contribution in [0.2, 0.25) is 0 Å². The Morgan fingerprint density at radius 2 is 1.56 bits per heavy atom. The van der Waals surface area contributed by atoms with E-state index in [1.807, 2.05) is 74.5 Å². The highest BCUT2D eigenvalue weighted by Crippen LogP contribution is 2.17. The molecule has 2 amide bonds. The minimum atomic E-state index is -0.572. The maximum atomic E-state index is 13.4. The number of ether oxygens (including phenoxy) is 1. The van der Waals surface area contributed by atoms with Crippen LogP contribution < -0.4 is 5.32 Å². The predicted molar refractivity (Wildman–Crippen MR) is 126 cm³/mol. The third kappa shape index (κ3) is 7.18. The summed E-state index contributed by atoms with van der Waals surface area (Å²) in [6.45, 7) is 8.75. The molecule has 1 N–H and O–H groups in total. The summed E-state index contributed by atoms with van der Waals surface area (Å²) in [5.41, 5.74) is 2.05. The molecule has 3 rings (SSSR count). The number of morpholine rings is 1. The second-order valence-electron chi connectivity index (χ2n) is 8.56. The zero-order valence-corrected chi connectivity index (χ0v) is 19.2. The summed E-state index contributed by atoms with van der Waals surface area (Å²) < 4.78 is 5.40. The quantitative estimate of drug-likeness (QED) is 0.621. The van der Waals surface area contributed by atoms with E-state index in [4.69, 9.17) is 4.74 Å². The highest BCUT2D eigenvalue weighted by atomic mass is 16.5. The molecular weight excluding hydrogens is 402 g/mol. The highest BCUT2D eigenvalue weighted by molar-refractivity contribution is 5.88. The molecule has 0 spiro atoms. The van der Waals surface area contributed by atoms with Crippen molar-refractivity contribution in [2.45, 2.75) is 32.9 Å². The largest absolute Gasteiger partial charge is 0.379 e. The van der Waals surface area contributed by atoms with Gasteiger partial charge in [-0.05, 0) is 11.1 Å². The van der Waals surface area contributed by atoms with Crippen LogP contribution in [0.25, 0.3) is 0 Å². The van der Waals surface area contributed by atoms with Gasteiger partial charge in [-0.3, -0.25) is 14.5 Å². The van der Waals surface area contributed by atoms with E-state index in [1.165, 1.54) is 0 Å². The van der Waals surface area contributed by atoms with Gasteiger partial charge in [-0.1, -0.05) is 74.5 Å². The fraction of sp³-hybridized carbons (Fsp3) is 0.462. The van der Waals surface area contributed by atoms with Crippen LogP contribution in [0.3, 0.4) is 0 Å². The van der Waals surface area contributed by atoms with Crippen molar-refractivity contribution in [3.05, 3.63) is 71.8 Å². The van der Waals surface area contributed by atoms with Crippen LogP contribution in [0.15, 0.2) is 60.7 Å². The lowest BCUT2D eigenvalue weighted by atomic mass is 10.0. The van der Waals surface area contributed by atoms with Gasteiger partial charge < -0.3 is 15.0 Å². The third-order valence-electron chi connectivity index (χ3n) is 5.75. The van der Waals surface area contributed by atoms with Crippen molar-refractivity contribution in [3.63, 3.8) is 0 Å². The molecule has 0 aliphatic carbocycles. The molecule has 0 bridgehead atoms. The van der Waals surface area contributed by atoms with Crippen LogP contribution in [0, 0.1) is 5.92 Å². The van der Waals surface area contributed by atoms with E-state index in [2.05, 4.69) is 10.2 Å². The fourth-order valence-corrected chi connectivity index (χ4v) is 3.92. The molecule has 0 saturated carbocycles. The average molecular weight is 438 g/mol. The normalized spacial score (nSPS) is 15.3. The second kappa shape index (κ2) is 12.4. The van der Waals surface area contributed by atoms with Crippen LogP contribution in [0.1, 0.15) is 25.0 Å². The lowest BCUT2D eigenvalue weighted by molar-refractivity contribution is -0.143. The zero-order valence-electron chi connectivity index (χ0n) is 19.2. The molecule has 172 valence electrons. The van der Waals surface area contributed by atoms with Crippen molar-refractivity contribution in [2.24, 2.45) is 5.92 Å². The molecule has 1 heterocycles. The molecule has 2 aromatic carbocycles. The number of nitrogens with zero attached hydrogens (tertiary/aromatic N) is 2. The first-order valence-corrected chi connectivity index (χ1v) is 11.5. The Morgan fingerprint density at radius 1 is 0.969 bits per heavy atom. The van der Waals surface area contributed by atoms with E-state index in [0.717, 1.165) is 44.0 Å². The fourth-order valence-electron chi connectivity index (χ4n) is 3.92. The van der Waals surface area contributed by atoms with E-state index in [9.17, 15) is 9.59 Å². The zero-order chi connectivity index (χ0) is 22.8. The van der Waals surface area contributed by atoms with Crippen LogP contribution in [-0.4, -0.2) is 67.0 Å². The molecule has 32 heavy (non-hydrogen) atoms. The number of rotatable bonds is 10. The van der Waals surface area contributed by atoms with Crippen LogP contribution >= 0.6 is 0 Å². The van der Waals surface area contributed by atoms with E-state index in [0.29, 0.717) is 19.5 Å². The minimum absolute atomic E-state index is 0.0156. The molecule has 1 aliphatic rings. The molecule has 6 nitrogen and oxygen atoms in total. The maximum Gasteiger partial charge on any atom is 0.243 e. The summed E-state index contributed by atoms with van der Waals surface area (Å²) in [7, 11) is 0. The van der Waals surface area contributed by atoms with Gasteiger partial charge in [0.15, 0.2) is 0 Å². The summed E-state index contributed by atoms with van der Waals surface area (Å²) in [5.74, 6) is -0.316. The number of nitrogens with one attached hydrogen (secondary N) is 1. The van der Waals surface area contributed by atoms with Gasteiger partial charge in [-0.25, -0.2) is 0 Å². The molecule has 1 aliphatic heterocycles. The summed E-state index contributed by atoms with van der Waals surface area (Å²) in [6.07, 6.45) is 0.482. The number of hydrogen-bond acceptors (Lipinski definition) is 4. The van der Waals surface area contributed by atoms with Crippen molar-refractivity contribution in [2.75, 3.05) is 39.4 Å². The van der Waals surface area contributed by atoms with Crippen molar-refractivity contribution >= 4 is 11.8 Å². The van der Waals surface area contributed by atoms with E-state index >= 15 is 0 Å². The first-order chi connectivity index (χ1) is 15.5. The van der Waals surface area contributed by atoms with E-state index in [-0.39, 0.29) is 17.7 Å².